The lowest BCUT2D eigenvalue weighted by Gasteiger charge is -2.00. The molecule has 1 aromatic heterocycles. The zero-order valence-corrected chi connectivity index (χ0v) is 6.84. The Hall–Kier alpha value is -0.990. The van der Waals surface area contributed by atoms with Gasteiger partial charge in [0, 0.05) is 6.07 Å². The van der Waals surface area contributed by atoms with Crippen molar-refractivity contribution in [1.82, 2.24) is 10.2 Å². The molecule has 0 unspecified atom stereocenters. The first kappa shape index (κ1) is 8.11. The second-order valence-electron chi connectivity index (χ2n) is 2.48. The Kier molecular flexibility index (Phi) is 3.52. The van der Waals surface area contributed by atoms with Gasteiger partial charge in [-0.1, -0.05) is 19.8 Å². The minimum absolute atomic E-state index is 0.765. The molecule has 0 aliphatic rings. The molecule has 0 aliphatic carbocycles. The minimum Gasteiger partial charge on any atom is -0.478 e. The number of rotatable bonds is 5. The molecule has 0 radical (unpaired) electrons. The van der Waals surface area contributed by atoms with Crippen molar-refractivity contribution < 1.29 is 4.74 Å². The average Bonchev–Trinajstić information content (AvgIpc) is 2.50. The van der Waals surface area contributed by atoms with Crippen LogP contribution in [0.2, 0.25) is 0 Å². The van der Waals surface area contributed by atoms with Gasteiger partial charge in [0.2, 0.25) is 5.88 Å². The van der Waals surface area contributed by atoms with Crippen LogP contribution < -0.4 is 4.74 Å². The van der Waals surface area contributed by atoms with Crippen LogP contribution in [-0.2, 0) is 0 Å². The molecule has 0 aromatic carbocycles. The van der Waals surface area contributed by atoms with E-state index in [4.69, 9.17) is 4.74 Å². The van der Waals surface area contributed by atoms with Crippen LogP contribution in [0.5, 0.6) is 5.88 Å². The van der Waals surface area contributed by atoms with Crippen LogP contribution in [0.15, 0.2) is 12.3 Å². The molecule has 3 heteroatoms. The minimum atomic E-state index is 0.765. The van der Waals surface area contributed by atoms with E-state index in [1.54, 1.807) is 6.20 Å². The third-order valence-corrected chi connectivity index (χ3v) is 1.48. The molecule has 1 N–H and O–H groups in total. The van der Waals surface area contributed by atoms with E-state index in [1.807, 2.05) is 6.07 Å². The lowest BCUT2D eigenvalue weighted by molar-refractivity contribution is 0.294. The lowest BCUT2D eigenvalue weighted by Crippen LogP contribution is -1.96. The van der Waals surface area contributed by atoms with Crippen LogP contribution in [0.3, 0.4) is 0 Å². The van der Waals surface area contributed by atoms with Crippen molar-refractivity contribution >= 4 is 0 Å². The summed E-state index contributed by atoms with van der Waals surface area (Å²) < 4.78 is 5.33. The topological polar surface area (TPSA) is 37.9 Å². The summed E-state index contributed by atoms with van der Waals surface area (Å²) in [7, 11) is 0. The number of ether oxygens (including phenoxy) is 1. The van der Waals surface area contributed by atoms with Crippen molar-refractivity contribution in [2.75, 3.05) is 6.61 Å². The first-order valence-corrected chi connectivity index (χ1v) is 4.05. The Balaban J connectivity index is 2.04. The van der Waals surface area contributed by atoms with Crippen LogP contribution in [-0.4, -0.2) is 16.8 Å². The van der Waals surface area contributed by atoms with Crippen LogP contribution in [0, 0.1) is 0 Å². The summed E-state index contributed by atoms with van der Waals surface area (Å²) in [5.41, 5.74) is 0. The highest BCUT2D eigenvalue weighted by molar-refractivity contribution is 5.03. The predicted octanol–water partition coefficient (Wildman–Crippen LogP) is 1.98. The fourth-order valence-electron chi connectivity index (χ4n) is 0.858. The molecule has 0 aliphatic heterocycles. The van der Waals surface area contributed by atoms with E-state index < -0.39 is 0 Å². The van der Waals surface area contributed by atoms with Gasteiger partial charge in [0.25, 0.3) is 0 Å². The second-order valence-corrected chi connectivity index (χ2v) is 2.48. The number of nitrogens with zero attached hydrogens (tertiary/aromatic N) is 1. The van der Waals surface area contributed by atoms with Crippen molar-refractivity contribution in [3.05, 3.63) is 12.3 Å². The van der Waals surface area contributed by atoms with Crippen molar-refractivity contribution in [1.29, 1.82) is 0 Å². The molecule has 0 bridgehead atoms. The van der Waals surface area contributed by atoms with Gasteiger partial charge in [0.1, 0.15) is 0 Å². The first-order valence-electron chi connectivity index (χ1n) is 4.05. The van der Waals surface area contributed by atoms with Gasteiger partial charge < -0.3 is 4.74 Å². The third kappa shape index (κ3) is 3.07. The monoisotopic (exact) mass is 154 g/mol. The third-order valence-electron chi connectivity index (χ3n) is 1.48. The summed E-state index contributed by atoms with van der Waals surface area (Å²) in [6.45, 7) is 2.96. The molecular weight excluding hydrogens is 140 g/mol. The number of H-pyrrole nitrogens is 1. The molecule has 0 atom stereocenters. The zero-order chi connectivity index (χ0) is 7.94. The largest absolute Gasteiger partial charge is 0.478 e. The van der Waals surface area contributed by atoms with Gasteiger partial charge in [-0.2, -0.15) is 5.10 Å². The average molecular weight is 154 g/mol. The highest BCUT2D eigenvalue weighted by Crippen LogP contribution is 2.03. The summed E-state index contributed by atoms with van der Waals surface area (Å²) >= 11 is 0. The van der Waals surface area contributed by atoms with Gasteiger partial charge in [-0.25, -0.2) is 5.10 Å². The number of aromatic amines is 1. The molecule has 62 valence electrons. The molecule has 1 aromatic rings. The Bertz CT molecular complexity index is 172. The van der Waals surface area contributed by atoms with Crippen LogP contribution in [0.1, 0.15) is 26.2 Å². The summed E-state index contributed by atoms with van der Waals surface area (Å²) in [5.74, 6) is 0.765. The Morgan fingerprint density at radius 3 is 3.09 bits per heavy atom. The summed E-state index contributed by atoms with van der Waals surface area (Å²) in [6, 6.07) is 1.83. The summed E-state index contributed by atoms with van der Waals surface area (Å²) in [4.78, 5) is 0. The van der Waals surface area contributed by atoms with Crippen LogP contribution >= 0.6 is 0 Å². The SMILES string of the molecule is CCCCCOc1ccn[nH]1. The highest BCUT2D eigenvalue weighted by Gasteiger charge is 1.91. The maximum Gasteiger partial charge on any atom is 0.208 e. The molecule has 1 heterocycles. The number of nitrogens with one attached hydrogen (secondary N) is 1. The molecule has 0 amide bonds. The fourth-order valence-corrected chi connectivity index (χ4v) is 0.858. The van der Waals surface area contributed by atoms with E-state index in [2.05, 4.69) is 17.1 Å². The van der Waals surface area contributed by atoms with Gasteiger partial charge in [0.15, 0.2) is 0 Å². The van der Waals surface area contributed by atoms with E-state index in [9.17, 15) is 0 Å². The number of hydrogen-bond acceptors (Lipinski definition) is 2. The molecule has 0 spiro atoms. The normalized spacial score (nSPS) is 9.91. The quantitative estimate of drug-likeness (QED) is 0.658. The van der Waals surface area contributed by atoms with Crippen LogP contribution in [0.4, 0.5) is 0 Å². The second kappa shape index (κ2) is 4.77. The molecule has 0 saturated heterocycles. The van der Waals surface area contributed by atoms with Crippen molar-refractivity contribution in [3.63, 3.8) is 0 Å². The Morgan fingerprint density at radius 2 is 2.45 bits per heavy atom. The van der Waals surface area contributed by atoms with E-state index in [-0.39, 0.29) is 0 Å². The van der Waals surface area contributed by atoms with E-state index in [0.29, 0.717) is 0 Å². The number of aromatic nitrogens is 2. The molecule has 3 nitrogen and oxygen atoms in total. The van der Waals surface area contributed by atoms with E-state index in [0.717, 1.165) is 18.9 Å². The smallest absolute Gasteiger partial charge is 0.208 e. The van der Waals surface area contributed by atoms with Gasteiger partial charge in [0.05, 0.1) is 12.8 Å². The van der Waals surface area contributed by atoms with Crippen LogP contribution in [0.25, 0.3) is 0 Å². The van der Waals surface area contributed by atoms with E-state index in [1.165, 1.54) is 12.8 Å². The predicted molar refractivity (Wildman–Crippen MR) is 43.6 cm³/mol. The van der Waals surface area contributed by atoms with Gasteiger partial charge >= 0.3 is 0 Å². The highest BCUT2D eigenvalue weighted by atomic mass is 16.5. The maximum absolute atomic E-state index is 5.33. The zero-order valence-electron chi connectivity index (χ0n) is 6.84. The summed E-state index contributed by atoms with van der Waals surface area (Å²) in [6.07, 6.45) is 5.27. The van der Waals surface area contributed by atoms with Crippen molar-refractivity contribution in [2.24, 2.45) is 0 Å². The molecular formula is C8H14N2O. The molecule has 0 saturated carbocycles. The summed E-state index contributed by atoms with van der Waals surface area (Å²) in [5, 5.41) is 6.51. The maximum atomic E-state index is 5.33. The van der Waals surface area contributed by atoms with Crippen molar-refractivity contribution in [2.45, 2.75) is 26.2 Å². The lowest BCUT2D eigenvalue weighted by atomic mass is 10.3. The fraction of sp³-hybridized carbons (Fsp3) is 0.625. The van der Waals surface area contributed by atoms with Gasteiger partial charge in [-0.15, -0.1) is 0 Å². The Labute approximate surface area is 66.8 Å². The number of unbranched alkanes of at least 4 members (excludes halogenated alkanes) is 2. The molecule has 11 heavy (non-hydrogen) atoms. The van der Waals surface area contributed by atoms with Crippen molar-refractivity contribution in [3.8, 4) is 5.88 Å². The van der Waals surface area contributed by atoms with E-state index >= 15 is 0 Å². The first-order chi connectivity index (χ1) is 5.43. The number of hydrogen-bond donors (Lipinski definition) is 1. The Morgan fingerprint density at radius 1 is 1.55 bits per heavy atom. The molecule has 0 fully saturated rings. The van der Waals surface area contributed by atoms with Gasteiger partial charge in [-0.05, 0) is 6.42 Å². The standard InChI is InChI=1S/C8H14N2O/c1-2-3-4-7-11-8-5-6-9-10-8/h5-6H,2-4,7H2,1H3,(H,9,10). The molecule has 1 rings (SSSR count). The van der Waals surface area contributed by atoms with Gasteiger partial charge in [-0.3, -0.25) is 0 Å².